The first-order chi connectivity index (χ1) is 12.8. The summed E-state index contributed by atoms with van der Waals surface area (Å²) >= 11 is 0. The quantitative estimate of drug-likeness (QED) is 0.753. The molecule has 0 bridgehead atoms. The Morgan fingerprint density at radius 1 is 1.19 bits per heavy atom. The van der Waals surface area contributed by atoms with E-state index in [1.54, 1.807) is 6.33 Å². The van der Waals surface area contributed by atoms with Gasteiger partial charge in [0.2, 0.25) is 0 Å². The Morgan fingerprint density at radius 3 is 3.00 bits per heavy atom. The minimum Gasteiger partial charge on any atom is -0.365 e. The number of anilines is 2. The summed E-state index contributed by atoms with van der Waals surface area (Å²) in [6, 6.07) is 4.40. The number of nitrogens with one attached hydrogen (secondary N) is 2. The second-order valence-electron chi connectivity index (χ2n) is 7.41. The fourth-order valence-corrected chi connectivity index (χ4v) is 3.79. The van der Waals surface area contributed by atoms with E-state index in [1.807, 2.05) is 12.3 Å². The minimum atomic E-state index is 0.353. The number of rotatable bonds is 4. The van der Waals surface area contributed by atoms with Crippen LogP contribution in [0.5, 0.6) is 0 Å². The van der Waals surface area contributed by atoms with Gasteiger partial charge in [0.1, 0.15) is 23.5 Å². The van der Waals surface area contributed by atoms with Gasteiger partial charge in [-0.25, -0.2) is 19.9 Å². The molecule has 7 nitrogen and oxygen atoms in total. The topological polar surface area (TPSA) is 82.6 Å². The first-order valence-electron chi connectivity index (χ1n) is 9.41. The van der Waals surface area contributed by atoms with E-state index in [-0.39, 0.29) is 0 Å². The van der Waals surface area contributed by atoms with Crippen molar-refractivity contribution in [1.29, 1.82) is 0 Å². The number of fused-ring (bicyclic) bond motifs is 1. The molecule has 2 aliphatic rings. The maximum atomic E-state index is 4.71. The van der Waals surface area contributed by atoms with Crippen LogP contribution in [-0.4, -0.2) is 44.1 Å². The van der Waals surface area contributed by atoms with Crippen molar-refractivity contribution in [2.75, 3.05) is 23.3 Å². The third-order valence-corrected chi connectivity index (χ3v) is 5.22. The van der Waals surface area contributed by atoms with Gasteiger partial charge in [-0.3, -0.25) is 0 Å². The molecule has 1 saturated carbocycles. The maximum absolute atomic E-state index is 4.71. The van der Waals surface area contributed by atoms with Crippen molar-refractivity contribution >= 4 is 22.7 Å². The van der Waals surface area contributed by atoms with Crippen LogP contribution >= 0.6 is 0 Å². The van der Waals surface area contributed by atoms with Crippen LogP contribution in [0.15, 0.2) is 24.7 Å². The average molecular weight is 349 g/mol. The molecule has 7 heteroatoms. The van der Waals surface area contributed by atoms with E-state index in [9.17, 15) is 0 Å². The third-order valence-electron chi connectivity index (χ3n) is 5.22. The number of H-pyrrole nitrogens is 1. The van der Waals surface area contributed by atoms with E-state index in [1.165, 1.54) is 12.8 Å². The average Bonchev–Trinajstić information content (AvgIpc) is 3.43. The molecule has 0 aromatic carbocycles. The Kier molecular flexibility index (Phi) is 3.72. The zero-order chi connectivity index (χ0) is 17.5. The number of aromatic amines is 1. The fourth-order valence-electron chi connectivity index (χ4n) is 3.79. The number of hydrogen-bond acceptors (Lipinski definition) is 6. The van der Waals surface area contributed by atoms with Gasteiger partial charge in [-0.1, -0.05) is 0 Å². The van der Waals surface area contributed by atoms with Crippen molar-refractivity contribution in [1.82, 2.24) is 24.9 Å². The van der Waals surface area contributed by atoms with E-state index in [4.69, 9.17) is 4.98 Å². The van der Waals surface area contributed by atoms with Gasteiger partial charge in [-0.05, 0) is 44.7 Å². The Balaban J connectivity index is 1.35. The highest BCUT2D eigenvalue weighted by Gasteiger charge is 2.27. The molecule has 134 valence electrons. The normalized spacial score (nSPS) is 20.5. The molecular weight excluding hydrogens is 326 g/mol. The molecule has 3 aromatic rings. The molecule has 1 atom stereocenters. The zero-order valence-electron chi connectivity index (χ0n) is 14.9. The molecule has 1 saturated heterocycles. The lowest BCUT2D eigenvalue weighted by atomic mass is 10.1. The Hall–Kier alpha value is -2.70. The first-order valence-corrected chi connectivity index (χ1v) is 9.41. The van der Waals surface area contributed by atoms with E-state index < -0.39 is 0 Å². The van der Waals surface area contributed by atoms with Crippen LogP contribution in [-0.2, 0) is 0 Å². The summed E-state index contributed by atoms with van der Waals surface area (Å²) in [6.45, 7) is 3.98. The van der Waals surface area contributed by atoms with Gasteiger partial charge in [0.05, 0.1) is 5.52 Å². The van der Waals surface area contributed by atoms with Gasteiger partial charge >= 0.3 is 0 Å². The molecular formula is C19H23N7. The van der Waals surface area contributed by atoms with Crippen LogP contribution in [0.3, 0.4) is 0 Å². The van der Waals surface area contributed by atoms with Crippen molar-refractivity contribution in [3.05, 3.63) is 36.2 Å². The highest BCUT2D eigenvalue weighted by molar-refractivity contribution is 5.86. The summed E-state index contributed by atoms with van der Waals surface area (Å²) in [4.78, 5) is 23.8. The van der Waals surface area contributed by atoms with Gasteiger partial charge in [0.25, 0.3) is 0 Å². The van der Waals surface area contributed by atoms with Crippen molar-refractivity contribution < 1.29 is 0 Å². The smallest absolute Gasteiger partial charge is 0.156 e. The van der Waals surface area contributed by atoms with Gasteiger partial charge in [0, 0.05) is 36.9 Å². The zero-order valence-corrected chi connectivity index (χ0v) is 14.9. The fraction of sp³-hybridized carbons (Fsp3) is 0.474. The number of hydrogen-bond donors (Lipinski definition) is 2. The molecule has 26 heavy (non-hydrogen) atoms. The molecule has 2 fully saturated rings. The summed E-state index contributed by atoms with van der Waals surface area (Å²) in [5.41, 5.74) is 3.12. The second kappa shape index (κ2) is 6.23. The van der Waals surface area contributed by atoms with Crippen LogP contribution in [0.4, 0.5) is 11.6 Å². The number of nitrogens with zero attached hydrogens (tertiary/aromatic N) is 5. The maximum Gasteiger partial charge on any atom is 0.156 e. The SMILES string of the molecule is Cc1cc2ncnc(N3CCCC(Nc4ccnc(C5CC5)n4)C3)c2[nH]1. The minimum absolute atomic E-state index is 0.353. The predicted molar refractivity (Wildman–Crippen MR) is 101 cm³/mol. The Bertz CT molecular complexity index is 931. The molecule has 1 aliphatic carbocycles. The summed E-state index contributed by atoms with van der Waals surface area (Å²) in [5.74, 6) is 3.50. The molecule has 5 rings (SSSR count). The largest absolute Gasteiger partial charge is 0.365 e. The summed E-state index contributed by atoms with van der Waals surface area (Å²) in [5, 5.41) is 3.61. The number of piperidine rings is 1. The van der Waals surface area contributed by atoms with Gasteiger partial charge in [-0.15, -0.1) is 0 Å². The summed E-state index contributed by atoms with van der Waals surface area (Å²) in [6.07, 6.45) is 8.24. The van der Waals surface area contributed by atoms with E-state index in [0.717, 1.165) is 60.1 Å². The van der Waals surface area contributed by atoms with Crippen LogP contribution in [0, 0.1) is 6.92 Å². The molecule has 0 spiro atoms. The van der Waals surface area contributed by atoms with E-state index in [0.29, 0.717) is 12.0 Å². The molecule has 1 aliphatic heterocycles. The van der Waals surface area contributed by atoms with E-state index >= 15 is 0 Å². The molecule has 1 unspecified atom stereocenters. The van der Waals surface area contributed by atoms with Crippen LogP contribution in [0.25, 0.3) is 11.0 Å². The van der Waals surface area contributed by atoms with Crippen molar-refractivity contribution in [3.63, 3.8) is 0 Å². The monoisotopic (exact) mass is 349 g/mol. The highest BCUT2D eigenvalue weighted by atomic mass is 15.2. The Morgan fingerprint density at radius 2 is 2.12 bits per heavy atom. The van der Waals surface area contributed by atoms with Gasteiger partial charge < -0.3 is 15.2 Å². The lowest BCUT2D eigenvalue weighted by Gasteiger charge is -2.34. The first kappa shape index (κ1) is 15.5. The molecule has 0 radical (unpaired) electrons. The highest BCUT2D eigenvalue weighted by Crippen LogP contribution is 2.38. The lowest BCUT2D eigenvalue weighted by Crippen LogP contribution is -2.42. The Labute approximate surface area is 152 Å². The third kappa shape index (κ3) is 2.98. The number of aromatic nitrogens is 5. The molecule has 3 aromatic heterocycles. The molecule has 2 N–H and O–H groups in total. The van der Waals surface area contributed by atoms with Gasteiger partial charge in [-0.2, -0.15) is 0 Å². The van der Waals surface area contributed by atoms with Gasteiger partial charge in [0.15, 0.2) is 5.82 Å². The summed E-state index contributed by atoms with van der Waals surface area (Å²) in [7, 11) is 0. The van der Waals surface area contributed by atoms with Crippen molar-refractivity contribution in [2.24, 2.45) is 0 Å². The lowest BCUT2D eigenvalue weighted by molar-refractivity contribution is 0.526. The predicted octanol–water partition coefficient (Wildman–Crippen LogP) is 3.01. The molecule has 4 heterocycles. The van der Waals surface area contributed by atoms with E-state index in [2.05, 4.69) is 43.1 Å². The second-order valence-corrected chi connectivity index (χ2v) is 7.41. The van der Waals surface area contributed by atoms with Crippen LogP contribution in [0.2, 0.25) is 0 Å². The van der Waals surface area contributed by atoms with Crippen molar-refractivity contribution in [3.8, 4) is 0 Å². The van der Waals surface area contributed by atoms with Crippen molar-refractivity contribution in [2.45, 2.75) is 44.6 Å². The van der Waals surface area contributed by atoms with Crippen LogP contribution < -0.4 is 10.2 Å². The summed E-state index contributed by atoms with van der Waals surface area (Å²) < 4.78 is 0. The van der Waals surface area contributed by atoms with Crippen LogP contribution in [0.1, 0.15) is 43.1 Å². The number of aryl methyl sites for hydroxylation is 1. The standard InChI is InChI=1S/C19H23N7/c1-12-9-15-17(23-12)19(22-11-21-15)26-8-2-3-14(10-26)24-16-6-7-20-18(25-16)13-4-5-13/h6-7,9,11,13-14,23H,2-5,8,10H2,1H3,(H,20,24,25). The molecule has 0 amide bonds.